The lowest BCUT2D eigenvalue weighted by atomic mass is 9.94. The maximum absolute atomic E-state index is 12.6. The number of anilines is 1. The molecule has 0 unspecified atom stereocenters. The monoisotopic (exact) mass is 427 g/mol. The third-order valence-corrected chi connectivity index (χ3v) is 5.81. The van der Waals surface area contributed by atoms with E-state index in [9.17, 15) is 19.8 Å². The number of benzene rings is 3. The van der Waals surface area contributed by atoms with E-state index >= 15 is 0 Å². The van der Waals surface area contributed by atoms with Gasteiger partial charge in [-0.15, -0.1) is 0 Å². The zero-order valence-electron chi connectivity index (χ0n) is 17.1. The van der Waals surface area contributed by atoms with Gasteiger partial charge < -0.3 is 20.4 Å². The van der Waals surface area contributed by atoms with Crippen LogP contribution < -0.4 is 15.5 Å². The van der Waals surface area contributed by atoms with E-state index in [1.807, 2.05) is 24.3 Å². The molecule has 3 aromatic rings. The van der Waals surface area contributed by atoms with Crippen LogP contribution in [0.2, 0.25) is 0 Å². The van der Waals surface area contributed by atoms with E-state index in [4.69, 9.17) is 0 Å². The highest BCUT2D eigenvalue weighted by Crippen LogP contribution is 2.33. The van der Waals surface area contributed by atoms with E-state index in [1.54, 1.807) is 18.3 Å². The second-order valence-corrected chi connectivity index (χ2v) is 7.90. The third kappa shape index (κ3) is 3.54. The Balaban J connectivity index is 1.42. The number of amides is 2. The lowest BCUT2D eigenvalue weighted by Gasteiger charge is -2.23. The molecule has 2 aliphatic heterocycles. The summed E-state index contributed by atoms with van der Waals surface area (Å²) in [6.45, 7) is 1.88. The average Bonchev–Trinajstić information content (AvgIpc) is 3.22. The molecule has 2 aliphatic rings. The van der Waals surface area contributed by atoms with Crippen LogP contribution in [0.5, 0.6) is 11.5 Å². The normalized spacial score (nSPS) is 16.0. The summed E-state index contributed by atoms with van der Waals surface area (Å²) in [6.07, 6.45) is 1.58. The number of hydrogen-bond donors (Lipinski definition) is 4. The van der Waals surface area contributed by atoms with Crippen LogP contribution in [0, 0.1) is 0 Å². The van der Waals surface area contributed by atoms with Gasteiger partial charge in [-0.3, -0.25) is 14.9 Å². The van der Waals surface area contributed by atoms with Gasteiger partial charge in [0.25, 0.3) is 11.8 Å². The molecule has 0 saturated heterocycles. The van der Waals surface area contributed by atoms with Crippen molar-refractivity contribution in [2.24, 2.45) is 0 Å². The molecule has 0 radical (unpaired) electrons. The Labute approximate surface area is 184 Å². The van der Waals surface area contributed by atoms with Crippen molar-refractivity contribution in [3.8, 4) is 11.5 Å². The first-order valence-corrected chi connectivity index (χ1v) is 10.3. The molecule has 0 aliphatic carbocycles. The number of phenolic OH excluding ortho intramolecular Hbond substituents is 2. The molecule has 0 aromatic heterocycles. The Morgan fingerprint density at radius 2 is 1.62 bits per heavy atom. The summed E-state index contributed by atoms with van der Waals surface area (Å²) in [5.41, 5.74) is 5.60. The molecule has 2 heterocycles. The summed E-state index contributed by atoms with van der Waals surface area (Å²) >= 11 is 0. The van der Waals surface area contributed by atoms with Crippen LogP contribution in [0.15, 0.2) is 66.9 Å². The quantitative estimate of drug-likeness (QED) is 0.290. The molecule has 5 rings (SSSR count). The van der Waals surface area contributed by atoms with Crippen LogP contribution in [-0.4, -0.2) is 22.0 Å². The van der Waals surface area contributed by atoms with Gasteiger partial charge in [-0.05, 0) is 47.0 Å². The van der Waals surface area contributed by atoms with Gasteiger partial charge >= 0.3 is 0 Å². The van der Waals surface area contributed by atoms with Gasteiger partial charge in [0, 0.05) is 42.6 Å². The topological polar surface area (TPSA) is 102 Å². The maximum atomic E-state index is 12.6. The molecule has 7 heteroatoms. The average molecular weight is 427 g/mol. The molecule has 7 nitrogen and oxygen atoms in total. The van der Waals surface area contributed by atoms with Crippen LogP contribution >= 0.6 is 0 Å². The van der Waals surface area contributed by atoms with Crippen molar-refractivity contribution in [2.75, 3.05) is 4.90 Å². The Bertz CT molecular complexity index is 1260. The van der Waals surface area contributed by atoms with Gasteiger partial charge in [-0.25, -0.2) is 0 Å². The first kappa shape index (κ1) is 19.7. The number of aromatic hydroxyl groups is 2. The minimum atomic E-state index is -0.467. The summed E-state index contributed by atoms with van der Waals surface area (Å²) in [4.78, 5) is 27.2. The van der Waals surface area contributed by atoms with Crippen molar-refractivity contribution < 1.29 is 19.8 Å². The van der Waals surface area contributed by atoms with E-state index in [0.29, 0.717) is 23.2 Å². The maximum Gasteiger partial charge on any atom is 0.260 e. The molecule has 32 heavy (non-hydrogen) atoms. The van der Waals surface area contributed by atoms with Crippen LogP contribution in [0.25, 0.3) is 5.57 Å². The Morgan fingerprint density at radius 3 is 2.34 bits per heavy atom. The Kier molecular flexibility index (Phi) is 4.78. The largest absolute Gasteiger partial charge is 0.504 e. The number of rotatable bonds is 4. The first-order chi connectivity index (χ1) is 15.5. The van der Waals surface area contributed by atoms with Gasteiger partial charge in [-0.2, -0.15) is 0 Å². The number of nitrogens with zero attached hydrogens (tertiary/aromatic N) is 1. The van der Waals surface area contributed by atoms with Crippen molar-refractivity contribution in [3.63, 3.8) is 0 Å². The predicted molar refractivity (Wildman–Crippen MR) is 120 cm³/mol. The number of nitrogens with one attached hydrogen (secondary N) is 2. The van der Waals surface area contributed by atoms with E-state index in [1.165, 1.54) is 23.3 Å². The van der Waals surface area contributed by atoms with Crippen LogP contribution in [0.4, 0.5) is 5.69 Å². The fourth-order valence-corrected chi connectivity index (χ4v) is 4.12. The number of imide groups is 1. The smallest absolute Gasteiger partial charge is 0.260 e. The van der Waals surface area contributed by atoms with Gasteiger partial charge in [0.2, 0.25) is 0 Å². The van der Waals surface area contributed by atoms with Gasteiger partial charge in [0.1, 0.15) is 0 Å². The highest BCUT2D eigenvalue weighted by atomic mass is 16.3. The lowest BCUT2D eigenvalue weighted by Crippen LogP contribution is -2.37. The lowest BCUT2D eigenvalue weighted by molar-refractivity contribution is -0.114. The summed E-state index contributed by atoms with van der Waals surface area (Å²) < 4.78 is 0. The van der Waals surface area contributed by atoms with Crippen molar-refractivity contribution in [1.82, 2.24) is 10.6 Å². The number of carbonyl (C=O) groups is 2. The molecular weight excluding hydrogens is 406 g/mol. The first-order valence-electron chi connectivity index (χ1n) is 10.3. The molecule has 4 N–H and O–H groups in total. The molecule has 0 saturated carbocycles. The van der Waals surface area contributed by atoms with Gasteiger partial charge in [0.15, 0.2) is 11.5 Å². The van der Waals surface area contributed by atoms with Crippen LogP contribution in [0.3, 0.4) is 0 Å². The van der Waals surface area contributed by atoms with E-state index in [-0.39, 0.29) is 11.5 Å². The molecule has 2 amide bonds. The second kappa shape index (κ2) is 7.77. The fourth-order valence-electron chi connectivity index (χ4n) is 4.12. The zero-order valence-corrected chi connectivity index (χ0v) is 17.1. The van der Waals surface area contributed by atoms with E-state index in [2.05, 4.69) is 27.7 Å². The summed E-state index contributed by atoms with van der Waals surface area (Å²) in [7, 11) is 0. The SMILES string of the molecule is O=C1NC(=O)c2ccc(N3Cc4ccccc4C3)cc2/C1=C\NCc1ccc(O)c(O)c1. The highest BCUT2D eigenvalue weighted by Gasteiger charge is 2.29. The van der Waals surface area contributed by atoms with E-state index < -0.39 is 11.8 Å². The molecule has 3 aromatic carbocycles. The van der Waals surface area contributed by atoms with E-state index in [0.717, 1.165) is 24.3 Å². The molecule has 0 bridgehead atoms. The molecule has 160 valence electrons. The van der Waals surface area contributed by atoms with Crippen molar-refractivity contribution in [1.29, 1.82) is 0 Å². The predicted octanol–water partition coefficient (Wildman–Crippen LogP) is 3.02. The minimum absolute atomic E-state index is 0.192. The minimum Gasteiger partial charge on any atom is -0.504 e. The van der Waals surface area contributed by atoms with Crippen molar-refractivity contribution in [2.45, 2.75) is 19.6 Å². The van der Waals surface area contributed by atoms with Crippen LogP contribution in [0.1, 0.15) is 32.6 Å². The van der Waals surface area contributed by atoms with Crippen molar-refractivity contribution in [3.05, 3.63) is 94.7 Å². The Morgan fingerprint density at radius 1 is 0.875 bits per heavy atom. The number of fused-ring (bicyclic) bond motifs is 2. The second-order valence-electron chi connectivity index (χ2n) is 7.90. The fraction of sp³-hybridized carbons (Fsp3) is 0.120. The number of carbonyl (C=O) groups excluding carboxylic acids is 2. The number of hydrogen-bond acceptors (Lipinski definition) is 6. The highest BCUT2D eigenvalue weighted by molar-refractivity contribution is 6.31. The summed E-state index contributed by atoms with van der Waals surface area (Å²) in [6, 6.07) is 18.3. The molecular formula is C25H21N3O4. The Hall–Kier alpha value is -4.26. The third-order valence-electron chi connectivity index (χ3n) is 5.81. The number of phenols is 2. The van der Waals surface area contributed by atoms with Gasteiger partial charge in [-0.1, -0.05) is 30.3 Å². The van der Waals surface area contributed by atoms with Crippen molar-refractivity contribution >= 4 is 23.1 Å². The molecule has 0 spiro atoms. The summed E-state index contributed by atoms with van der Waals surface area (Å²) in [5, 5.41) is 24.5. The summed E-state index contributed by atoms with van der Waals surface area (Å²) in [5.74, 6) is -1.28. The molecule has 0 atom stereocenters. The zero-order chi connectivity index (χ0) is 22.2. The van der Waals surface area contributed by atoms with Gasteiger partial charge in [0.05, 0.1) is 5.57 Å². The van der Waals surface area contributed by atoms with Crippen LogP contribution in [-0.2, 0) is 24.4 Å². The molecule has 0 fully saturated rings. The standard InChI is InChI=1S/C25H21N3O4/c29-22-8-5-15(9-23(22)30)11-26-12-21-20-10-18(6-7-19(20)24(31)27-25(21)32)28-13-16-3-1-2-4-17(16)14-28/h1-10,12,26,29-30H,11,13-14H2,(H,27,31,32)/b21-12+.